The Morgan fingerprint density at radius 2 is 1.90 bits per heavy atom. The zero-order valence-electron chi connectivity index (χ0n) is 22.8. The van der Waals surface area contributed by atoms with E-state index in [2.05, 4.69) is 32.5 Å². The van der Waals surface area contributed by atoms with Crippen molar-refractivity contribution < 1.29 is 17.9 Å². The second kappa shape index (κ2) is 10.8. The van der Waals surface area contributed by atoms with E-state index in [1.807, 2.05) is 18.2 Å². The second-order valence-corrected chi connectivity index (χ2v) is 13.5. The molecule has 1 aromatic carbocycles. The lowest BCUT2D eigenvalue weighted by molar-refractivity contribution is 0.0985. The average molecular weight is 595 g/mol. The second-order valence-electron chi connectivity index (χ2n) is 10.3. The number of amides is 2. The van der Waals surface area contributed by atoms with E-state index >= 15 is 0 Å². The molecule has 1 saturated heterocycles. The number of hydrogen-bond donors (Lipinski definition) is 2. The third-order valence-electron chi connectivity index (χ3n) is 7.11. The predicted molar refractivity (Wildman–Crippen MR) is 156 cm³/mol. The molecule has 6 rings (SSSR count). The molecule has 2 aliphatic rings. The number of hydrogen-bond acceptors (Lipinski definition) is 10. The average Bonchev–Trinajstić information content (AvgIpc) is 3.50. The van der Waals surface area contributed by atoms with Crippen molar-refractivity contribution in [2.45, 2.75) is 41.8 Å². The topological polar surface area (TPSA) is 144 Å². The lowest BCUT2D eigenvalue weighted by Gasteiger charge is -2.34. The van der Waals surface area contributed by atoms with Gasteiger partial charge in [0, 0.05) is 54.1 Å². The summed E-state index contributed by atoms with van der Waals surface area (Å²) in [6.45, 7) is 5.72. The maximum absolute atomic E-state index is 13.3. The molecule has 4 aromatic rings. The first-order valence-corrected chi connectivity index (χ1v) is 15.7. The van der Waals surface area contributed by atoms with Gasteiger partial charge < -0.3 is 20.3 Å². The number of rotatable bonds is 7. The molecular formula is C27H30N8O4S2. The van der Waals surface area contributed by atoms with Gasteiger partial charge >= 0.3 is 6.03 Å². The number of aryl methyl sites for hydroxylation is 2. The Kier molecular flexibility index (Phi) is 7.21. The number of nitrogens with zero attached hydrogens (tertiary/aromatic N) is 6. The highest BCUT2D eigenvalue weighted by atomic mass is 32.2. The van der Waals surface area contributed by atoms with Gasteiger partial charge in [-0.1, -0.05) is 0 Å². The number of benzene rings is 1. The summed E-state index contributed by atoms with van der Waals surface area (Å²) in [6, 6.07) is 8.87. The standard InChI is InChI=1S/C27H30N8O4S2/c1-16-15-40-27(29-16)41(37,38)23-10-21(23)22-11-24(35-8-9-39-14-17(35)2)33-25(32-22)18-4-6-19(7-5-18)30-26(36)31-20-12-28-34(3)13-20/h4-7,11-13,15,17,21,23H,8-10,14H2,1-3H3,(H2,30,31,36)/t17-,21?,23?/m0/s1. The van der Waals surface area contributed by atoms with Gasteiger partial charge in [-0.05, 0) is 44.5 Å². The summed E-state index contributed by atoms with van der Waals surface area (Å²) in [7, 11) is -1.77. The molecular weight excluding hydrogens is 564 g/mol. The van der Waals surface area contributed by atoms with Crippen LogP contribution < -0.4 is 15.5 Å². The van der Waals surface area contributed by atoms with Crippen molar-refractivity contribution in [3.63, 3.8) is 0 Å². The van der Waals surface area contributed by atoms with Gasteiger partial charge in [-0.15, -0.1) is 11.3 Å². The van der Waals surface area contributed by atoms with Crippen LogP contribution in [0.3, 0.4) is 0 Å². The highest BCUT2D eigenvalue weighted by molar-refractivity contribution is 7.94. The first kappa shape index (κ1) is 27.3. The van der Waals surface area contributed by atoms with Gasteiger partial charge in [-0.2, -0.15) is 5.10 Å². The van der Waals surface area contributed by atoms with Crippen molar-refractivity contribution in [2.24, 2.45) is 7.05 Å². The minimum absolute atomic E-state index is 0.112. The molecule has 1 aliphatic carbocycles. The van der Waals surface area contributed by atoms with Gasteiger partial charge in [0.1, 0.15) is 5.82 Å². The molecule has 2 unspecified atom stereocenters. The lowest BCUT2D eigenvalue weighted by Crippen LogP contribution is -2.44. The molecule has 3 atom stereocenters. The Labute approximate surface area is 241 Å². The van der Waals surface area contributed by atoms with Crippen LogP contribution in [0.2, 0.25) is 0 Å². The van der Waals surface area contributed by atoms with Gasteiger partial charge in [0.2, 0.25) is 14.2 Å². The first-order valence-electron chi connectivity index (χ1n) is 13.2. The zero-order valence-corrected chi connectivity index (χ0v) is 24.4. The SMILES string of the molecule is Cc1csc(S(=O)(=O)C2CC2c2cc(N3CCOC[C@@H]3C)nc(-c3ccc(NC(=O)Nc4cnn(C)c4)cc3)n2)n1. The number of sulfone groups is 1. The van der Waals surface area contributed by atoms with Crippen LogP contribution >= 0.6 is 11.3 Å². The predicted octanol–water partition coefficient (Wildman–Crippen LogP) is 3.84. The molecule has 41 heavy (non-hydrogen) atoms. The number of morpholine rings is 1. The molecule has 2 N–H and O–H groups in total. The summed E-state index contributed by atoms with van der Waals surface area (Å²) in [4.78, 5) is 28.5. The fourth-order valence-corrected chi connectivity index (χ4v) is 8.02. The molecule has 2 amide bonds. The van der Waals surface area contributed by atoms with Gasteiger partial charge in [0.05, 0.1) is 42.1 Å². The Bertz CT molecular complexity index is 1690. The summed E-state index contributed by atoms with van der Waals surface area (Å²) in [5.41, 5.74) is 3.33. The van der Waals surface area contributed by atoms with Crippen LogP contribution in [-0.4, -0.2) is 70.2 Å². The smallest absolute Gasteiger partial charge is 0.323 e. The highest BCUT2D eigenvalue weighted by Crippen LogP contribution is 2.48. The van der Waals surface area contributed by atoms with Gasteiger partial charge in [0.25, 0.3) is 0 Å². The van der Waals surface area contributed by atoms with Crippen molar-refractivity contribution in [1.29, 1.82) is 0 Å². The Hall–Kier alpha value is -3.88. The van der Waals surface area contributed by atoms with E-state index < -0.39 is 15.1 Å². The molecule has 1 aliphatic heterocycles. The zero-order chi connectivity index (χ0) is 28.7. The number of nitrogens with one attached hydrogen (secondary N) is 2. The van der Waals surface area contributed by atoms with E-state index in [1.165, 1.54) is 0 Å². The summed E-state index contributed by atoms with van der Waals surface area (Å²) < 4.78 is 33.9. The normalized spacial score (nSPS) is 20.6. The molecule has 0 spiro atoms. The Balaban J connectivity index is 1.26. The summed E-state index contributed by atoms with van der Waals surface area (Å²) in [5.74, 6) is 1.00. The largest absolute Gasteiger partial charge is 0.377 e. The monoisotopic (exact) mass is 594 g/mol. The van der Waals surface area contributed by atoms with Gasteiger partial charge in [-0.3, -0.25) is 4.68 Å². The molecule has 0 bridgehead atoms. The molecule has 1 saturated carbocycles. The van der Waals surface area contributed by atoms with Crippen molar-refractivity contribution in [2.75, 3.05) is 35.3 Å². The first-order chi connectivity index (χ1) is 19.7. The molecule has 0 radical (unpaired) electrons. The maximum Gasteiger partial charge on any atom is 0.323 e. The van der Waals surface area contributed by atoms with Gasteiger partial charge in [0.15, 0.2) is 5.82 Å². The summed E-state index contributed by atoms with van der Waals surface area (Å²) >= 11 is 1.16. The summed E-state index contributed by atoms with van der Waals surface area (Å²) in [6.07, 6.45) is 3.76. The van der Waals surface area contributed by atoms with Crippen molar-refractivity contribution in [3.05, 3.63) is 59.5 Å². The van der Waals surface area contributed by atoms with E-state index in [9.17, 15) is 13.2 Å². The van der Waals surface area contributed by atoms with Crippen LogP contribution in [0.1, 0.15) is 30.7 Å². The maximum atomic E-state index is 13.3. The quantitative estimate of drug-likeness (QED) is 0.326. The third-order valence-corrected chi connectivity index (χ3v) is 10.7. The number of anilines is 3. The molecule has 14 heteroatoms. The van der Waals surface area contributed by atoms with Crippen molar-refractivity contribution in [3.8, 4) is 11.4 Å². The highest BCUT2D eigenvalue weighted by Gasteiger charge is 2.51. The minimum atomic E-state index is -3.54. The molecule has 214 valence electrons. The molecule has 3 aromatic heterocycles. The Morgan fingerprint density at radius 3 is 2.59 bits per heavy atom. The van der Waals surface area contributed by atoms with Crippen LogP contribution in [0.25, 0.3) is 11.4 Å². The summed E-state index contributed by atoms with van der Waals surface area (Å²) in [5, 5.41) is 10.8. The number of urea groups is 1. The van der Waals surface area contributed by atoms with Crippen LogP contribution in [-0.2, 0) is 21.6 Å². The van der Waals surface area contributed by atoms with Crippen LogP contribution in [0.15, 0.2) is 52.4 Å². The van der Waals surface area contributed by atoms with E-state index in [-0.39, 0.29) is 22.3 Å². The molecule has 2 fully saturated rings. The van der Waals surface area contributed by atoms with Crippen LogP contribution in [0, 0.1) is 6.92 Å². The fraction of sp³-hybridized carbons (Fsp3) is 0.370. The van der Waals surface area contributed by atoms with Crippen molar-refractivity contribution in [1.82, 2.24) is 24.7 Å². The number of thiazole rings is 1. The van der Waals surface area contributed by atoms with Gasteiger partial charge in [-0.25, -0.2) is 28.2 Å². The number of ether oxygens (including phenoxy) is 1. The van der Waals surface area contributed by atoms with Crippen LogP contribution in [0.5, 0.6) is 0 Å². The van der Waals surface area contributed by atoms with E-state index in [0.717, 1.165) is 22.7 Å². The van der Waals surface area contributed by atoms with E-state index in [4.69, 9.17) is 14.7 Å². The molecule has 4 heterocycles. The third kappa shape index (κ3) is 5.80. The van der Waals surface area contributed by atoms with Crippen LogP contribution in [0.4, 0.5) is 22.0 Å². The number of aromatic nitrogens is 5. The Morgan fingerprint density at radius 1 is 1.12 bits per heavy atom. The minimum Gasteiger partial charge on any atom is -0.377 e. The number of carbonyl (C=O) groups is 1. The molecule has 12 nitrogen and oxygen atoms in total. The van der Waals surface area contributed by atoms with Crippen molar-refractivity contribution >= 4 is 44.4 Å². The van der Waals surface area contributed by atoms with E-state index in [1.54, 1.807) is 48.6 Å². The number of carbonyl (C=O) groups excluding carboxylic acids is 1. The fourth-order valence-electron chi connectivity index (χ4n) is 4.89. The lowest BCUT2D eigenvalue weighted by atomic mass is 10.1. The van der Waals surface area contributed by atoms with E-state index in [0.29, 0.717) is 54.8 Å².